The van der Waals surface area contributed by atoms with Crippen LogP contribution in [0.5, 0.6) is 0 Å². The molecule has 0 aromatic carbocycles. The Balaban J connectivity index is 1.78. The molecule has 19 heavy (non-hydrogen) atoms. The summed E-state index contributed by atoms with van der Waals surface area (Å²) in [7, 11) is 0. The van der Waals surface area contributed by atoms with Gasteiger partial charge >= 0.3 is 5.97 Å². The van der Waals surface area contributed by atoms with Crippen LogP contribution < -0.4 is 0 Å². The number of carbonyl (C=O) groups is 1. The third-order valence-corrected chi connectivity index (χ3v) is 4.45. The Morgan fingerprint density at radius 3 is 2.53 bits per heavy atom. The van der Waals surface area contributed by atoms with E-state index >= 15 is 0 Å². The monoisotopic (exact) mass is 266 g/mol. The lowest BCUT2D eigenvalue weighted by atomic mass is 9.94. The Hall–Kier alpha value is -0.870. The number of hydrogen-bond acceptors (Lipinski definition) is 3. The zero-order chi connectivity index (χ0) is 13.8. The first kappa shape index (κ1) is 14.5. The fraction of sp³-hybridized carbons (Fsp3) is 0.800. The average molecular weight is 266 g/mol. The van der Waals surface area contributed by atoms with Gasteiger partial charge in [0.05, 0.1) is 6.54 Å². The minimum absolute atomic E-state index is 0.199. The van der Waals surface area contributed by atoms with Crippen LogP contribution in [0.3, 0.4) is 0 Å². The highest BCUT2D eigenvalue weighted by atomic mass is 16.4. The van der Waals surface area contributed by atoms with Crippen LogP contribution in [0.4, 0.5) is 0 Å². The molecule has 0 aromatic rings. The van der Waals surface area contributed by atoms with E-state index in [0.29, 0.717) is 12.0 Å². The summed E-state index contributed by atoms with van der Waals surface area (Å²) in [5, 5.41) is 8.80. The van der Waals surface area contributed by atoms with Gasteiger partial charge in [-0.15, -0.1) is 0 Å². The number of likely N-dealkylation sites (tertiary alicyclic amines) is 1. The molecule has 0 unspecified atom stereocenters. The molecule has 0 amide bonds. The molecule has 2 rings (SSSR count). The molecule has 2 aliphatic rings. The van der Waals surface area contributed by atoms with E-state index in [1.54, 1.807) is 5.57 Å². The number of carboxylic acids is 1. The average Bonchev–Trinajstić information content (AvgIpc) is 2.39. The highest BCUT2D eigenvalue weighted by Gasteiger charge is 2.26. The van der Waals surface area contributed by atoms with E-state index < -0.39 is 5.97 Å². The molecule has 0 saturated carbocycles. The summed E-state index contributed by atoms with van der Waals surface area (Å²) in [6.45, 7) is 8.84. The predicted molar refractivity (Wildman–Crippen MR) is 76.2 cm³/mol. The number of nitrogens with zero attached hydrogens (tertiary/aromatic N) is 2. The number of aliphatic carboxylic acids is 1. The summed E-state index contributed by atoms with van der Waals surface area (Å²) < 4.78 is 0. The molecule has 2 heterocycles. The molecule has 1 N–H and O–H groups in total. The van der Waals surface area contributed by atoms with Crippen LogP contribution in [0.15, 0.2) is 11.6 Å². The van der Waals surface area contributed by atoms with Gasteiger partial charge in [-0.05, 0) is 25.2 Å². The number of piperidine rings is 1. The smallest absolute Gasteiger partial charge is 0.317 e. The first-order chi connectivity index (χ1) is 9.06. The SMILES string of the molecule is CC(C)C1=CCN(C2CCN(CC(=O)O)CC2)CC1. The lowest BCUT2D eigenvalue weighted by Gasteiger charge is -2.39. The van der Waals surface area contributed by atoms with Crippen LogP contribution in [0.25, 0.3) is 0 Å². The molecule has 2 aliphatic heterocycles. The summed E-state index contributed by atoms with van der Waals surface area (Å²) in [5.41, 5.74) is 1.60. The van der Waals surface area contributed by atoms with Gasteiger partial charge < -0.3 is 5.11 Å². The third-order valence-electron chi connectivity index (χ3n) is 4.45. The van der Waals surface area contributed by atoms with Gasteiger partial charge in [-0.1, -0.05) is 25.5 Å². The number of rotatable bonds is 4. The second-order valence-corrected chi connectivity index (χ2v) is 6.08. The van der Waals surface area contributed by atoms with Gasteiger partial charge in [0.2, 0.25) is 0 Å². The Kier molecular flexibility index (Phi) is 4.99. The molecule has 0 radical (unpaired) electrons. The molecule has 0 bridgehead atoms. The zero-order valence-electron chi connectivity index (χ0n) is 12.1. The van der Waals surface area contributed by atoms with Crippen molar-refractivity contribution in [2.45, 2.75) is 39.2 Å². The molecule has 4 heteroatoms. The third kappa shape index (κ3) is 4.05. The number of carboxylic acid groups (broad SMARTS) is 1. The van der Waals surface area contributed by atoms with Crippen molar-refractivity contribution in [2.24, 2.45) is 5.92 Å². The second-order valence-electron chi connectivity index (χ2n) is 6.08. The fourth-order valence-electron chi connectivity index (χ4n) is 3.19. The summed E-state index contributed by atoms with van der Waals surface area (Å²) in [5.74, 6) is -0.0273. The summed E-state index contributed by atoms with van der Waals surface area (Å²) in [6.07, 6.45) is 5.82. The number of hydrogen-bond donors (Lipinski definition) is 1. The Labute approximate surface area is 116 Å². The van der Waals surface area contributed by atoms with Gasteiger partial charge in [-0.2, -0.15) is 0 Å². The van der Waals surface area contributed by atoms with Crippen LogP contribution in [-0.4, -0.2) is 59.6 Å². The van der Waals surface area contributed by atoms with Crippen LogP contribution in [-0.2, 0) is 4.79 Å². The maximum Gasteiger partial charge on any atom is 0.317 e. The van der Waals surface area contributed by atoms with Crippen LogP contribution >= 0.6 is 0 Å². The van der Waals surface area contributed by atoms with E-state index in [0.717, 1.165) is 32.5 Å². The van der Waals surface area contributed by atoms with Gasteiger partial charge in [0.25, 0.3) is 0 Å². The molecule has 0 aliphatic carbocycles. The summed E-state index contributed by atoms with van der Waals surface area (Å²) in [6, 6.07) is 0.648. The predicted octanol–water partition coefficient (Wildman–Crippen LogP) is 1.82. The Bertz CT molecular complexity index is 344. The highest BCUT2D eigenvalue weighted by molar-refractivity contribution is 5.69. The summed E-state index contributed by atoms with van der Waals surface area (Å²) in [4.78, 5) is 15.3. The van der Waals surface area contributed by atoms with Crippen molar-refractivity contribution >= 4 is 5.97 Å². The second kappa shape index (κ2) is 6.53. The van der Waals surface area contributed by atoms with E-state index in [9.17, 15) is 4.79 Å². The van der Waals surface area contributed by atoms with Gasteiger partial charge in [0, 0.05) is 32.2 Å². The topological polar surface area (TPSA) is 43.8 Å². The standard InChI is InChI=1S/C15H26N2O2/c1-12(2)13-3-9-17(10-4-13)14-5-7-16(8-6-14)11-15(18)19/h3,12,14H,4-11H2,1-2H3,(H,18,19). The molecule has 108 valence electrons. The highest BCUT2D eigenvalue weighted by Crippen LogP contribution is 2.23. The van der Waals surface area contributed by atoms with E-state index in [1.807, 2.05) is 0 Å². The largest absolute Gasteiger partial charge is 0.480 e. The van der Waals surface area contributed by atoms with Crippen molar-refractivity contribution in [3.05, 3.63) is 11.6 Å². The molecule has 1 fully saturated rings. The van der Waals surface area contributed by atoms with Gasteiger partial charge in [0.1, 0.15) is 0 Å². The quantitative estimate of drug-likeness (QED) is 0.788. The van der Waals surface area contributed by atoms with Crippen molar-refractivity contribution in [3.8, 4) is 0 Å². The maximum absolute atomic E-state index is 10.7. The fourth-order valence-corrected chi connectivity index (χ4v) is 3.19. The lowest BCUT2D eigenvalue weighted by Crippen LogP contribution is -2.47. The van der Waals surface area contributed by atoms with Crippen molar-refractivity contribution in [2.75, 3.05) is 32.7 Å². The molecule has 1 saturated heterocycles. The first-order valence-corrected chi connectivity index (χ1v) is 7.43. The van der Waals surface area contributed by atoms with E-state index in [-0.39, 0.29) is 6.54 Å². The lowest BCUT2D eigenvalue weighted by molar-refractivity contribution is -0.138. The molecule has 0 aromatic heterocycles. The minimum atomic E-state index is -0.707. The van der Waals surface area contributed by atoms with Crippen molar-refractivity contribution in [1.82, 2.24) is 9.80 Å². The van der Waals surface area contributed by atoms with Crippen molar-refractivity contribution < 1.29 is 9.90 Å². The summed E-state index contributed by atoms with van der Waals surface area (Å²) >= 11 is 0. The normalized spacial score (nSPS) is 23.6. The van der Waals surface area contributed by atoms with E-state index in [1.165, 1.54) is 13.0 Å². The Morgan fingerprint density at radius 2 is 2.05 bits per heavy atom. The van der Waals surface area contributed by atoms with Crippen LogP contribution in [0.2, 0.25) is 0 Å². The van der Waals surface area contributed by atoms with Gasteiger partial charge in [0.15, 0.2) is 0 Å². The first-order valence-electron chi connectivity index (χ1n) is 7.43. The van der Waals surface area contributed by atoms with E-state index in [2.05, 4.69) is 29.7 Å². The Morgan fingerprint density at radius 1 is 1.37 bits per heavy atom. The van der Waals surface area contributed by atoms with Crippen LogP contribution in [0.1, 0.15) is 33.1 Å². The maximum atomic E-state index is 10.7. The zero-order valence-corrected chi connectivity index (χ0v) is 12.1. The minimum Gasteiger partial charge on any atom is -0.480 e. The van der Waals surface area contributed by atoms with Crippen molar-refractivity contribution in [1.29, 1.82) is 0 Å². The van der Waals surface area contributed by atoms with E-state index in [4.69, 9.17) is 5.11 Å². The molecule has 4 nitrogen and oxygen atoms in total. The molecule has 0 atom stereocenters. The van der Waals surface area contributed by atoms with Gasteiger partial charge in [-0.25, -0.2) is 0 Å². The molecular formula is C15H26N2O2. The molecule has 0 spiro atoms. The van der Waals surface area contributed by atoms with Crippen LogP contribution in [0, 0.1) is 5.92 Å². The van der Waals surface area contributed by atoms with Crippen molar-refractivity contribution in [3.63, 3.8) is 0 Å². The molecular weight excluding hydrogens is 240 g/mol. The van der Waals surface area contributed by atoms with Gasteiger partial charge in [-0.3, -0.25) is 14.6 Å².